The third-order valence-electron chi connectivity index (χ3n) is 2.25. The second kappa shape index (κ2) is 4.61. The molecule has 0 aliphatic rings. The van der Waals surface area contributed by atoms with E-state index in [9.17, 15) is 18.0 Å². The van der Waals surface area contributed by atoms with Gasteiger partial charge in [-0.25, -0.2) is 0 Å². The van der Waals surface area contributed by atoms with Gasteiger partial charge in [0, 0.05) is 18.3 Å². The van der Waals surface area contributed by atoms with Crippen molar-refractivity contribution in [1.82, 2.24) is 0 Å². The molecule has 1 aromatic carbocycles. The van der Waals surface area contributed by atoms with Crippen LogP contribution in [0.3, 0.4) is 0 Å². The zero-order valence-electron chi connectivity index (χ0n) is 9.51. The van der Waals surface area contributed by atoms with Gasteiger partial charge >= 0.3 is 6.18 Å². The van der Waals surface area contributed by atoms with Crippen molar-refractivity contribution in [3.8, 4) is 0 Å². The predicted octanol–water partition coefficient (Wildman–Crippen LogP) is 3.24. The normalized spacial score (nSPS) is 11.1. The summed E-state index contributed by atoms with van der Waals surface area (Å²) < 4.78 is 36.9. The zero-order chi connectivity index (χ0) is 13.2. The van der Waals surface area contributed by atoms with E-state index in [1.807, 2.05) is 0 Å². The summed E-state index contributed by atoms with van der Waals surface area (Å²) in [5, 5.41) is 0. The van der Waals surface area contributed by atoms with E-state index in [0.29, 0.717) is 11.3 Å². The number of carbonyl (C=O) groups is 1. The molecule has 17 heavy (non-hydrogen) atoms. The molecule has 0 unspecified atom stereocenters. The third kappa shape index (κ3) is 3.09. The van der Waals surface area contributed by atoms with E-state index in [2.05, 4.69) is 6.58 Å². The molecule has 0 saturated heterocycles. The number of amides is 1. The summed E-state index contributed by atoms with van der Waals surface area (Å²) in [6, 6.07) is 4.39. The standard InChI is InChI=1S/C12H12F3NO/c1-8(2)11(17)16(3)10-6-4-9(5-7-10)12(13,14)15/h4-7H,1H2,2-3H3. The third-order valence-corrected chi connectivity index (χ3v) is 2.25. The molecule has 0 aliphatic carbocycles. The Kier molecular flexibility index (Phi) is 3.60. The lowest BCUT2D eigenvalue weighted by Gasteiger charge is -2.18. The predicted molar refractivity (Wildman–Crippen MR) is 59.7 cm³/mol. The monoisotopic (exact) mass is 243 g/mol. The van der Waals surface area contributed by atoms with Crippen LogP contribution in [0.5, 0.6) is 0 Å². The molecule has 0 N–H and O–H groups in total. The van der Waals surface area contributed by atoms with Gasteiger partial charge in [0.2, 0.25) is 0 Å². The van der Waals surface area contributed by atoms with E-state index < -0.39 is 11.7 Å². The van der Waals surface area contributed by atoms with Crippen LogP contribution in [0.2, 0.25) is 0 Å². The zero-order valence-corrected chi connectivity index (χ0v) is 9.51. The van der Waals surface area contributed by atoms with Crippen LogP contribution in [-0.4, -0.2) is 13.0 Å². The molecule has 0 spiro atoms. The lowest BCUT2D eigenvalue weighted by Crippen LogP contribution is -2.26. The molecular formula is C12H12F3NO. The number of anilines is 1. The number of hydrogen-bond donors (Lipinski definition) is 0. The number of nitrogens with zero attached hydrogens (tertiary/aromatic N) is 1. The second-order valence-corrected chi connectivity index (χ2v) is 3.69. The number of rotatable bonds is 2. The maximum atomic E-state index is 12.3. The topological polar surface area (TPSA) is 20.3 Å². The number of benzene rings is 1. The van der Waals surface area contributed by atoms with Crippen LogP contribution >= 0.6 is 0 Å². The Labute approximate surface area is 97.3 Å². The SMILES string of the molecule is C=C(C)C(=O)N(C)c1ccc(C(F)(F)F)cc1. The molecule has 0 aromatic heterocycles. The maximum Gasteiger partial charge on any atom is 0.416 e. The van der Waals surface area contributed by atoms with Gasteiger partial charge in [0.15, 0.2) is 0 Å². The fourth-order valence-electron chi connectivity index (χ4n) is 1.28. The Bertz CT molecular complexity index is 434. The summed E-state index contributed by atoms with van der Waals surface area (Å²) in [6.45, 7) is 5.03. The van der Waals surface area contributed by atoms with E-state index in [-0.39, 0.29) is 5.91 Å². The highest BCUT2D eigenvalue weighted by atomic mass is 19.4. The first-order valence-corrected chi connectivity index (χ1v) is 4.84. The minimum atomic E-state index is -4.37. The molecule has 0 radical (unpaired) electrons. The van der Waals surface area contributed by atoms with Gasteiger partial charge in [-0.05, 0) is 31.2 Å². The highest BCUT2D eigenvalue weighted by molar-refractivity contribution is 6.04. The van der Waals surface area contributed by atoms with Crippen LogP contribution in [-0.2, 0) is 11.0 Å². The van der Waals surface area contributed by atoms with Crippen LogP contribution < -0.4 is 4.90 Å². The smallest absolute Gasteiger partial charge is 0.312 e. The van der Waals surface area contributed by atoms with E-state index in [4.69, 9.17) is 0 Å². The van der Waals surface area contributed by atoms with Gasteiger partial charge in [0.25, 0.3) is 5.91 Å². The lowest BCUT2D eigenvalue weighted by atomic mass is 10.2. The molecule has 92 valence electrons. The molecule has 2 nitrogen and oxygen atoms in total. The van der Waals surface area contributed by atoms with Crippen molar-refractivity contribution in [3.05, 3.63) is 42.0 Å². The number of alkyl halides is 3. The summed E-state index contributed by atoms with van der Waals surface area (Å²) in [5.74, 6) is -0.329. The van der Waals surface area contributed by atoms with Crippen molar-refractivity contribution < 1.29 is 18.0 Å². The Morgan fingerprint density at radius 2 is 1.71 bits per heavy atom. The van der Waals surface area contributed by atoms with Crippen LogP contribution in [0.15, 0.2) is 36.4 Å². The Morgan fingerprint density at radius 3 is 2.06 bits per heavy atom. The van der Waals surface area contributed by atoms with Crippen molar-refractivity contribution in [2.24, 2.45) is 0 Å². The Balaban J connectivity index is 2.96. The van der Waals surface area contributed by atoms with Crippen molar-refractivity contribution in [1.29, 1.82) is 0 Å². The lowest BCUT2D eigenvalue weighted by molar-refractivity contribution is -0.137. The van der Waals surface area contributed by atoms with E-state index in [0.717, 1.165) is 12.1 Å². The summed E-state index contributed by atoms with van der Waals surface area (Å²) in [4.78, 5) is 12.8. The van der Waals surface area contributed by atoms with Crippen LogP contribution in [0.4, 0.5) is 18.9 Å². The van der Waals surface area contributed by atoms with Crippen LogP contribution in [0.1, 0.15) is 12.5 Å². The molecule has 0 bridgehead atoms. The first kappa shape index (κ1) is 13.3. The first-order chi connectivity index (χ1) is 7.73. The average molecular weight is 243 g/mol. The minimum absolute atomic E-state index is 0.326. The molecule has 0 aliphatic heterocycles. The fourth-order valence-corrected chi connectivity index (χ4v) is 1.28. The summed E-state index contributed by atoms with van der Waals surface area (Å²) in [6.07, 6.45) is -4.37. The van der Waals surface area contributed by atoms with Crippen molar-refractivity contribution in [2.45, 2.75) is 13.1 Å². The van der Waals surface area contributed by atoms with Gasteiger partial charge in [-0.3, -0.25) is 4.79 Å². The maximum absolute atomic E-state index is 12.3. The van der Waals surface area contributed by atoms with Crippen molar-refractivity contribution in [3.63, 3.8) is 0 Å². The molecule has 1 amide bonds. The second-order valence-electron chi connectivity index (χ2n) is 3.69. The van der Waals surface area contributed by atoms with E-state index >= 15 is 0 Å². The van der Waals surface area contributed by atoms with E-state index in [1.165, 1.54) is 24.1 Å². The number of likely N-dealkylation sites (N-methyl/N-ethyl adjacent to an activating group) is 1. The summed E-state index contributed by atoms with van der Waals surface area (Å²) in [5.41, 5.74) is -0.0178. The molecule has 1 aromatic rings. The average Bonchev–Trinajstić information content (AvgIpc) is 2.26. The molecule has 0 saturated carbocycles. The summed E-state index contributed by atoms with van der Waals surface area (Å²) in [7, 11) is 1.49. The van der Waals surface area contributed by atoms with Crippen LogP contribution in [0, 0.1) is 0 Å². The highest BCUT2D eigenvalue weighted by Gasteiger charge is 2.30. The number of halogens is 3. The minimum Gasteiger partial charge on any atom is -0.312 e. The summed E-state index contributed by atoms with van der Waals surface area (Å²) >= 11 is 0. The molecule has 1 rings (SSSR count). The van der Waals surface area contributed by atoms with E-state index in [1.54, 1.807) is 6.92 Å². The van der Waals surface area contributed by atoms with Gasteiger partial charge in [-0.15, -0.1) is 0 Å². The van der Waals surface area contributed by atoms with Gasteiger partial charge in [-0.2, -0.15) is 13.2 Å². The Hall–Kier alpha value is -1.78. The van der Waals surface area contributed by atoms with Gasteiger partial charge in [0.05, 0.1) is 5.56 Å². The highest BCUT2D eigenvalue weighted by Crippen LogP contribution is 2.30. The fraction of sp³-hybridized carbons (Fsp3) is 0.250. The van der Waals surface area contributed by atoms with Crippen molar-refractivity contribution >= 4 is 11.6 Å². The molecule has 0 atom stereocenters. The number of hydrogen-bond acceptors (Lipinski definition) is 1. The van der Waals surface area contributed by atoms with Gasteiger partial charge < -0.3 is 4.90 Å². The quantitative estimate of drug-likeness (QED) is 0.730. The largest absolute Gasteiger partial charge is 0.416 e. The van der Waals surface area contributed by atoms with Crippen LogP contribution in [0.25, 0.3) is 0 Å². The molecule has 0 fully saturated rings. The molecular weight excluding hydrogens is 231 g/mol. The molecule has 0 heterocycles. The first-order valence-electron chi connectivity index (χ1n) is 4.84. The number of carbonyl (C=O) groups excluding carboxylic acids is 1. The van der Waals surface area contributed by atoms with Gasteiger partial charge in [-0.1, -0.05) is 6.58 Å². The van der Waals surface area contributed by atoms with Gasteiger partial charge in [0.1, 0.15) is 0 Å². The Morgan fingerprint density at radius 1 is 1.24 bits per heavy atom. The molecule has 5 heteroatoms. The van der Waals surface area contributed by atoms with Crippen molar-refractivity contribution in [2.75, 3.05) is 11.9 Å².